The number of hydrogen-bond donors (Lipinski definition) is 1. The number of pyridine rings is 1. The molecule has 23 heavy (non-hydrogen) atoms. The summed E-state index contributed by atoms with van der Waals surface area (Å²) in [4.78, 5) is 4.58. The van der Waals surface area contributed by atoms with Crippen LogP contribution < -0.4 is 10.3 Å². The minimum Gasteiger partial charge on any atom is -0.380 e. The maximum Gasteiger partial charge on any atom is 0.283 e. The molecule has 0 aliphatic rings. The molecule has 5 nitrogen and oxygen atoms in total. The Hall–Kier alpha value is -2.14. The zero-order valence-corrected chi connectivity index (χ0v) is 14.3. The third-order valence-corrected chi connectivity index (χ3v) is 4.15. The highest BCUT2D eigenvalue weighted by molar-refractivity contribution is 6.05. The first-order chi connectivity index (χ1) is 11.0. The molecule has 0 atom stereocenters. The molecule has 0 unspecified atom stereocenters. The number of nitrogen functional groups attached to an aromatic ring is 1. The topological polar surface area (TPSA) is 57.0 Å². The van der Waals surface area contributed by atoms with E-state index in [9.17, 15) is 0 Å². The smallest absolute Gasteiger partial charge is 0.283 e. The van der Waals surface area contributed by atoms with Gasteiger partial charge in [0, 0.05) is 6.61 Å². The zero-order chi connectivity index (χ0) is 16.6. The molecule has 0 aliphatic carbocycles. The Morgan fingerprint density at radius 3 is 2.74 bits per heavy atom. The number of rotatable bonds is 5. The van der Waals surface area contributed by atoms with E-state index >= 15 is 0 Å². The van der Waals surface area contributed by atoms with Crippen molar-refractivity contribution in [1.29, 1.82) is 0 Å². The van der Waals surface area contributed by atoms with Gasteiger partial charge in [-0.2, -0.15) is 0 Å². The Morgan fingerprint density at radius 1 is 1.30 bits per heavy atom. The minimum atomic E-state index is 0.527. The summed E-state index contributed by atoms with van der Waals surface area (Å²) in [7, 11) is 2.04. The van der Waals surface area contributed by atoms with Gasteiger partial charge in [0.1, 0.15) is 6.61 Å². The van der Waals surface area contributed by atoms with Crippen LogP contribution in [-0.4, -0.2) is 16.2 Å². The fraction of sp³-hybridized carbons (Fsp3) is 0.444. The molecule has 3 rings (SSSR count). The van der Waals surface area contributed by atoms with Crippen LogP contribution in [0.5, 0.6) is 0 Å². The molecule has 0 amide bonds. The predicted molar refractivity (Wildman–Crippen MR) is 93.0 cm³/mol. The second-order valence-electron chi connectivity index (χ2n) is 6.33. The lowest BCUT2D eigenvalue weighted by Gasteiger charge is -2.07. The van der Waals surface area contributed by atoms with Crippen molar-refractivity contribution in [2.24, 2.45) is 13.0 Å². The molecule has 3 aromatic rings. The van der Waals surface area contributed by atoms with Crippen LogP contribution in [0.4, 0.5) is 5.82 Å². The molecule has 2 aromatic heterocycles. The highest BCUT2D eigenvalue weighted by Gasteiger charge is 2.27. The van der Waals surface area contributed by atoms with Crippen LogP contribution in [0.25, 0.3) is 21.9 Å². The van der Waals surface area contributed by atoms with E-state index in [1.54, 1.807) is 0 Å². The van der Waals surface area contributed by atoms with Crippen LogP contribution in [0, 0.1) is 5.92 Å². The van der Waals surface area contributed by atoms with Gasteiger partial charge in [-0.1, -0.05) is 26.0 Å². The van der Waals surface area contributed by atoms with Gasteiger partial charge >= 0.3 is 0 Å². The summed E-state index contributed by atoms with van der Waals surface area (Å²) in [6.45, 7) is 8.65. The van der Waals surface area contributed by atoms with Crippen LogP contribution >= 0.6 is 0 Å². The average Bonchev–Trinajstić information content (AvgIpc) is 2.78. The number of imidazole rings is 1. The van der Waals surface area contributed by atoms with E-state index in [-0.39, 0.29) is 0 Å². The van der Waals surface area contributed by atoms with Crippen LogP contribution in [0.15, 0.2) is 24.3 Å². The third kappa shape index (κ3) is 2.65. The van der Waals surface area contributed by atoms with E-state index in [0.29, 0.717) is 24.9 Å². The molecular formula is C18H25N4O+. The van der Waals surface area contributed by atoms with E-state index in [4.69, 9.17) is 10.5 Å². The summed E-state index contributed by atoms with van der Waals surface area (Å²) >= 11 is 0. The number of anilines is 1. The van der Waals surface area contributed by atoms with Crippen molar-refractivity contribution in [2.45, 2.75) is 33.9 Å². The van der Waals surface area contributed by atoms with Gasteiger partial charge in [-0.15, -0.1) is 0 Å². The maximum atomic E-state index is 6.28. The largest absolute Gasteiger partial charge is 0.380 e. The van der Waals surface area contributed by atoms with Crippen molar-refractivity contribution < 1.29 is 9.30 Å². The molecule has 0 spiro atoms. The monoisotopic (exact) mass is 313 g/mol. The number of fused-ring (bicyclic) bond motifs is 3. The molecule has 0 radical (unpaired) electrons. The lowest BCUT2D eigenvalue weighted by molar-refractivity contribution is -0.656. The second kappa shape index (κ2) is 6.16. The van der Waals surface area contributed by atoms with Gasteiger partial charge in [-0.25, -0.2) is 14.1 Å². The number of hydrogen-bond acceptors (Lipinski definition) is 3. The summed E-state index contributed by atoms with van der Waals surface area (Å²) < 4.78 is 10.2. The van der Waals surface area contributed by atoms with E-state index in [1.165, 1.54) is 0 Å². The van der Waals surface area contributed by atoms with Crippen molar-refractivity contribution in [3.05, 3.63) is 30.1 Å². The summed E-state index contributed by atoms with van der Waals surface area (Å²) in [6.07, 6.45) is 0. The number of benzene rings is 1. The first-order valence-electron chi connectivity index (χ1n) is 8.17. The van der Waals surface area contributed by atoms with Crippen LogP contribution in [0.2, 0.25) is 0 Å². The number of nitrogens with zero attached hydrogens (tertiary/aromatic N) is 3. The maximum absolute atomic E-state index is 6.28. The Bertz CT molecular complexity index is 851. The van der Waals surface area contributed by atoms with Crippen LogP contribution in [0.1, 0.15) is 26.6 Å². The van der Waals surface area contributed by atoms with Crippen molar-refractivity contribution in [2.75, 3.05) is 12.3 Å². The highest BCUT2D eigenvalue weighted by atomic mass is 16.5. The fourth-order valence-electron chi connectivity index (χ4n) is 3.18. The average molecular weight is 313 g/mol. The van der Waals surface area contributed by atoms with Crippen molar-refractivity contribution in [3.63, 3.8) is 0 Å². The summed E-state index contributed by atoms with van der Waals surface area (Å²) in [5, 5.41) is 1.13. The van der Waals surface area contributed by atoms with Gasteiger partial charge in [0.25, 0.3) is 5.82 Å². The highest BCUT2D eigenvalue weighted by Crippen LogP contribution is 2.28. The van der Waals surface area contributed by atoms with Crippen molar-refractivity contribution in [3.8, 4) is 0 Å². The number of aromatic nitrogens is 3. The minimum absolute atomic E-state index is 0.527. The van der Waals surface area contributed by atoms with Crippen molar-refractivity contribution >= 4 is 27.8 Å². The van der Waals surface area contributed by atoms with Crippen LogP contribution in [0.3, 0.4) is 0 Å². The lowest BCUT2D eigenvalue weighted by atomic mass is 10.1. The van der Waals surface area contributed by atoms with Gasteiger partial charge < -0.3 is 10.5 Å². The summed E-state index contributed by atoms with van der Waals surface area (Å²) in [6, 6.07) is 8.18. The molecule has 1 aromatic carbocycles. The number of ether oxygens (including phenoxy) is 1. The van der Waals surface area contributed by atoms with Gasteiger partial charge in [0.2, 0.25) is 5.52 Å². The van der Waals surface area contributed by atoms with E-state index in [0.717, 1.165) is 34.3 Å². The third-order valence-electron chi connectivity index (χ3n) is 4.15. The standard InChI is InChI=1S/C18H25N4O/c1-5-23-11-15-21(4)17-16(22(15)10-12(2)3)13-8-6-7-9-14(13)20-18(17)19/h6-9,12H,5,10-11H2,1-4H3,(H2,19,20)/q+1. The first kappa shape index (κ1) is 15.7. The van der Waals surface area contributed by atoms with E-state index < -0.39 is 0 Å². The molecule has 0 saturated carbocycles. The van der Waals surface area contributed by atoms with Crippen molar-refractivity contribution in [1.82, 2.24) is 9.55 Å². The number of nitrogens with two attached hydrogens (primary N) is 1. The Labute approximate surface area is 136 Å². The summed E-state index contributed by atoms with van der Waals surface area (Å²) in [5.41, 5.74) is 9.35. The number of aryl methyl sites for hydroxylation is 1. The van der Waals surface area contributed by atoms with E-state index in [1.807, 2.05) is 26.1 Å². The Morgan fingerprint density at radius 2 is 2.04 bits per heavy atom. The van der Waals surface area contributed by atoms with Gasteiger partial charge in [0.05, 0.1) is 24.5 Å². The van der Waals surface area contributed by atoms with Gasteiger partial charge in [0.15, 0.2) is 11.3 Å². The zero-order valence-electron chi connectivity index (χ0n) is 14.3. The molecule has 0 saturated heterocycles. The quantitative estimate of drug-likeness (QED) is 0.737. The predicted octanol–water partition coefficient (Wildman–Crippen LogP) is 2.79. The Kier molecular flexibility index (Phi) is 4.22. The summed E-state index contributed by atoms with van der Waals surface area (Å²) in [5.74, 6) is 2.22. The molecular weight excluding hydrogens is 288 g/mol. The molecule has 5 heteroatoms. The Balaban J connectivity index is 2.40. The molecule has 2 N–H and O–H groups in total. The van der Waals surface area contributed by atoms with E-state index in [2.05, 4.69) is 40.1 Å². The molecule has 0 bridgehead atoms. The molecule has 0 aliphatic heterocycles. The molecule has 2 heterocycles. The number of para-hydroxylation sites is 1. The van der Waals surface area contributed by atoms with Crippen LogP contribution in [-0.2, 0) is 24.9 Å². The normalized spacial score (nSPS) is 11.9. The molecule has 0 fully saturated rings. The second-order valence-corrected chi connectivity index (χ2v) is 6.33. The van der Waals surface area contributed by atoms with Gasteiger partial charge in [-0.3, -0.25) is 0 Å². The fourth-order valence-corrected chi connectivity index (χ4v) is 3.18. The van der Waals surface area contributed by atoms with Gasteiger partial charge in [-0.05, 0) is 25.0 Å². The molecule has 122 valence electrons. The SMILES string of the molecule is CCOCc1n(CC(C)C)c2c3ccccc3nc(N)c2[n+]1C. The first-order valence-corrected chi connectivity index (χ1v) is 8.17. The lowest BCUT2D eigenvalue weighted by Crippen LogP contribution is -2.34.